The highest BCUT2D eigenvalue weighted by atomic mass is 19.0. The van der Waals surface area contributed by atoms with Gasteiger partial charge in [0.05, 0.1) is 24.2 Å². The number of carbonyl (C=O) groups excluding carboxylic acids is 1. The lowest BCUT2D eigenvalue weighted by Crippen LogP contribution is -2.35. The second-order valence-electron chi connectivity index (χ2n) is 9.20. The Bertz CT molecular complexity index is 957. The summed E-state index contributed by atoms with van der Waals surface area (Å²) in [4.78, 5) is 24.0. The van der Waals surface area contributed by atoms with Gasteiger partial charge in [-0.3, -0.25) is 9.69 Å². The average Bonchev–Trinajstić information content (AvgIpc) is 3.13. The zero-order valence-electron chi connectivity index (χ0n) is 19.8. The smallest absolute Gasteiger partial charge is 0.319 e. The van der Waals surface area contributed by atoms with E-state index in [1.165, 1.54) is 12.8 Å². The molecule has 184 valence electrons. The van der Waals surface area contributed by atoms with Gasteiger partial charge in [0.2, 0.25) is 0 Å². The van der Waals surface area contributed by atoms with Crippen LogP contribution in [0.3, 0.4) is 0 Å². The van der Waals surface area contributed by atoms with Crippen molar-refractivity contribution in [3.63, 3.8) is 0 Å². The van der Waals surface area contributed by atoms with E-state index in [9.17, 15) is 4.79 Å². The van der Waals surface area contributed by atoms with Crippen molar-refractivity contribution >= 4 is 17.5 Å². The number of halogens is 1. The van der Waals surface area contributed by atoms with E-state index in [-0.39, 0.29) is 19.7 Å². The van der Waals surface area contributed by atoms with Crippen LogP contribution in [0.15, 0.2) is 30.5 Å². The van der Waals surface area contributed by atoms with E-state index < -0.39 is 5.79 Å². The van der Waals surface area contributed by atoms with Gasteiger partial charge in [-0.15, -0.1) is 0 Å². The summed E-state index contributed by atoms with van der Waals surface area (Å²) in [6.07, 6.45) is 3.78. The molecule has 8 nitrogen and oxygen atoms in total. The van der Waals surface area contributed by atoms with E-state index in [0.29, 0.717) is 18.8 Å². The summed E-state index contributed by atoms with van der Waals surface area (Å²) < 4.78 is 11.4. The molecule has 0 radical (unpaired) electrons. The van der Waals surface area contributed by atoms with Gasteiger partial charge in [-0.1, -0.05) is 13.0 Å². The van der Waals surface area contributed by atoms with Crippen LogP contribution in [0, 0.1) is 12.8 Å². The quantitative estimate of drug-likeness (QED) is 0.661. The summed E-state index contributed by atoms with van der Waals surface area (Å²) >= 11 is 0. The summed E-state index contributed by atoms with van der Waals surface area (Å²) in [6.45, 7) is 10.9. The zero-order valence-corrected chi connectivity index (χ0v) is 19.8. The van der Waals surface area contributed by atoms with Gasteiger partial charge in [-0.05, 0) is 57.7 Å². The van der Waals surface area contributed by atoms with E-state index >= 15 is 0 Å². The summed E-state index contributed by atoms with van der Waals surface area (Å²) in [6, 6.07) is 7.44. The van der Waals surface area contributed by atoms with Crippen molar-refractivity contribution in [1.82, 2.24) is 15.3 Å². The number of anilines is 2. The van der Waals surface area contributed by atoms with E-state index in [1.54, 1.807) is 6.20 Å². The maximum Gasteiger partial charge on any atom is 0.319 e. The first kappa shape index (κ1) is 24.9. The zero-order chi connectivity index (χ0) is 22.7. The second-order valence-corrected chi connectivity index (χ2v) is 9.20. The van der Waals surface area contributed by atoms with Crippen LogP contribution >= 0.6 is 0 Å². The number of hydrogen-bond donors (Lipinski definition) is 2. The highest BCUT2D eigenvalue weighted by Gasteiger charge is 2.34. The molecule has 2 aliphatic heterocycles. The standard InChI is InChI=1S/C24H33N5O3.FH.2H2/c1-16-9-11-29(12-10-16)22-18(6-5-17(2)27-22)13-26-23(30)28-19-7-8-20(25-14-19)21-15-31-24(3,4)32-21;;;/h5-8,14,16,21H,9-13,15H2,1-4H3,(H2,26,28,30);3*1H. The average molecular weight is 464 g/mol. The first-order chi connectivity index (χ1) is 15.3. The highest BCUT2D eigenvalue weighted by Crippen LogP contribution is 2.32. The molecule has 0 saturated carbocycles. The van der Waals surface area contributed by atoms with Crippen molar-refractivity contribution in [2.24, 2.45) is 5.92 Å². The Morgan fingerprint density at radius 1 is 1.24 bits per heavy atom. The maximum atomic E-state index is 12.5. The predicted octanol–water partition coefficient (Wildman–Crippen LogP) is 4.81. The van der Waals surface area contributed by atoms with Crippen LogP contribution in [0.5, 0.6) is 0 Å². The number of urea groups is 1. The molecule has 9 heteroatoms. The first-order valence-electron chi connectivity index (χ1n) is 11.3. The molecule has 2 amide bonds. The van der Waals surface area contributed by atoms with Crippen molar-refractivity contribution in [2.45, 2.75) is 59.0 Å². The Labute approximate surface area is 197 Å². The molecule has 2 saturated heterocycles. The van der Waals surface area contributed by atoms with E-state index in [1.807, 2.05) is 39.0 Å². The molecule has 0 aromatic carbocycles. The fraction of sp³-hybridized carbons (Fsp3) is 0.542. The van der Waals surface area contributed by atoms with Gasteiger partial charge >= 0.3 is 6.03 Å². The van der Waals surface area contributed by atoms with Crippen LogP contribution in [-0.2, 0) is 16.0 Å². The normalized spacial score (nSPS) is 20.2. The number of rotatable bonds is 5. The van der Waals surface area contributed by atoms with Gasteiger partial charge in [0.1, 0.15) is 11.9 Å². The Hall–Kier alpha value is -2.78. The number of ether oxygens (including phenoxy) is 2. The molecule has 2 aromatic heterocycles. The molecule has 1 atom stereocenters. The van der Waals surface area contributed by atoms with Crippen LogP contribution in [0.25, 0.3) is 0 Å². The Balaban J connectivity index is 0.00000204. The lowest BCUT2D eigenvalue weighted by molar-refractivity contribution is -0.139. The van der Waals surface area contributed by atoms with E-state index in [2.05, 4.69) is 33.5 Å². The number of hydrogen-bond acceptors (Lipinski definition) is 6. The van der Waals surface area contributed by atoms with Gasteiger partial charge < -0.3 is 25.0 Å². The minimum Gasteiger partial charge on any atom is -0.356 e. The molecule has 4 heterocycles. The minimum atomic E-state index is -0.598. The predicted molar refractivity (Wildman–Crippen MR) is 130 cm³/mol. The van der Waals surface area contributed by atoms with E-state index in [0.717, 1.165) is 41.8 Å². The molecule has 2 aromatic rings. The monoisotopic (exact) mass is 463 g/mol. The third-order valence-electron chi connectivity index (χ3n) is 6.00. The van der Waals surface area contributed by atoms with E-state index in [4.69, 9.17) is 14.5 Å². The third-order valence-corrected chi connectivity index (χ3v) is 6.00. The van der Waals surface area contributed by atoms with Crippen LogP contribution in [-0.4, -0.2) is 41.5 Å². The van der Waals surface area contributed by atoms with Gasteiger partial charge in [0, 0.05) is 33.7 Å². The van der Waals surface area contributed by atoms with Crippen molar-refractivity contribution in [3.8, 4) is 0 Å². The lowest BCUT2D eigenvalue weighted by Gasteiger charge is -2.32. The first-order valence-corrected chi connectivity index (χ1v) is 11.3. The molecule has 0 bridgehead atoms. The largest absolute Gasteiger partial charge is 0.356 e. The van der Waals surface area contributed by atoms with Crippen molar-refractivity contribution in [2.75, 3.05) is 29.9 Å². The summed E-state index contributed by atoms with van der Waals surface area (Å²) in [7, 11) is 0. The molecular weight excluding hydrogens is 425 g/mol. The fourth-order valence-corrected chi connectivity index (χ4v) is 4.06. The molecule has 4 rings (SSSR count). The number of nitrogens with zero attached hydrogens (tertiary/aromatic N) is 3. The maximum absolute atomic E-state index is 12.5. The van der Waals surface area contributed by atoms with Gasteiger partial charge in [0.25, 0.3) is 0 Å². The highest BCUT2D eigenvalue weighted by molar-refractivity contribution is 5.89. The Kier molecular flexibility index (Phi) is 7.86. The van der Waals surface area contributed by atoms with Gasteiger partial charge in [-0.25, -0.2) is 9.78 Å². The van der Waals surface area contributed by atoms with Crippen molar-refractivity contribution < 1.29 is 21.8 Å². The molecule has 0 spiro atoms. The van der Waals surface area contributed by atoms with Crippen LogP contribution in [0.1, 0.15) is 59.5 Å². The molecule has 0 aliphatic carbocycles. The molecule has 2 N–H and O–H groups in total. The number of aryl methyl sites for hydroxylation is 1. The number of aromatic nitrogens is 2. The Morgan fingerprint density at radius 3 is 2.64 bits per heavy atom. The SMILES string of the molecule is Cc1ccc(CNC(=O)Nc2ccc(C3COC(C)(C)O3)nc2)c(N2CCC(C)CC2)n1.F.[HH].[HH]. The van der Waals surface area contributed by atoms with Gasteiger partial charge in [0.15, 0.2) is 5.79 Å². The molecule has 2 aliphatic rings. The third kappa shape index (κ3) is 6.39. The molecule has 2 fully saturated rings. The van der Waals surface area contributed by atoms with Crippen molar-refractivity contribution in [1.29, 1.82) is 0 Å². The van der Waals surface area contributed by atoms with Crippen LogP contribution in [0.4, 0.5) is 21.0 Å². The summed E-state index contributed by atoms with van der Waals surface area (Å²) in [5.74, 6) is 1.13. The minimum absolute atomic E-state index is 0. The Morgan fingerprint density at radius 2 is 2.00 bits per heavy atom. The molecular formula is C24H38FN5O3. The topological polar surface area (TPSA) is 88.6 Å². The lowest BCUT2D eigenvalue weighted by atomic mass is 9.99. The molecule has 1 unspecified atom stereocenters. The second kappa shape index (κ2) is 10.4. The van der Waals surface area contributed by atoms with Crippen molar-refractivity contribution in [3.05, 3.63) is 47.4 Å². The summed E-state index contributed by atoms with van der Waals surface area (Å²) in [5.41, 5.74) is 3.41. The number of amides is 2. The number of pyridine rings is 2. The number of carbonyl (C=O) groups is 1. The number of piperidine rings is 1. The van der Waals surface area contributed by atoms with Crippen LogP contribution < -0.4 is 15.5 Å². The fourth-order valence-electron chi connectivity index (χ4n) is 4.06. The van der Waals surface area contributed by atoms with Crippen LogP contribution in [0.2, 0.25) is 0 Å². The summed E-state index contributed by atoms with van der Waals surface area (Å²) in [5, 5.41) is 5.79. The molecule has 33 heavy (non-hydrogen) atoms. The van der Waals surface area contributed by atoms with Gasteiger partial charge in [-0.2, -0.15) is 0 Å². The number of nitrogens with one attached hydrogen (secondary N) is 2.